The molecular weight excluding hydrogens is 334 g/mol. The number of carbonyl (C=O) groups excluding carboxylic acids is 1. The monoisotopic (exact) mass is 353 g/mol. The molecule has 1 N–H and O–H groups in total. The van der Waals surface area contributed by atoms with Crippen molar-refractivity contribution in [1.82, 2.24) is 15.1 Å². The van der Waals surface area contributed by atoms with Crippen molar-refractivity contribution >= 4 is 17.2 Å². The van der Waals surface area contributed by atoms with Gasteiger partial charge < -0.3 is 9.64 Å². The van der Waals surface area contributed by atoms with E-state index in [1.807, 2.05) is 46.0 Å². The van der Waals surface area contributed by atoms with Crippen LogP contribution in [-0.4, -0.2) is 34.7 Å². The van der Waals surface area contributed by atoms with Crippen LogP contribution in [0.1, 0.15) is 34.9 Å². The minimum Gasteiger partial charge on any atom is -0.497 e. The Hall–Kier alpha value is -2.60. The van der Waals surface area contributed by atoms with Crippen molar-refractivity contribution in [3.63, 3.8) is 0 Å². The summed E-state index contributed by atoms with van der Waals surface area (Å²) in [7, 11) is 1.66. The predicted octanol–water partition coefficient (Wildman–Crippen LogP) is 4.12. The Morgan fingerprint density at radius 2 is 2.28 bits per heavy atom. The molecule has 0 unspecified atom stereocenters. The van der Waals surface area contributed by atoms with Crippen LogP contribution in [-0.2, 0) is 0 Å². The Kier molecular flexibility index (Phi) is 4.28. The molecule has 0 saturated carbocycles. The molecule has 5 nitrogen and oxygen atoms in total. The van der Waals surface area contributed by atoms with Gasteiger partial charge in [-0.15, -0.1) is 0 Å². The number of ether oxygens (including phenoxy) is 1. The first-order valence-corrected chi connectivity index (χ1v) is 9.23. The molecule has 3 aromatic rings. The molecule has 0 radical (unpaired) electrons. The highest BCUT2D eigenvalue weighted by atomic mass is 32.1. The molecule has 1 aliphatic heterocycles. The third kappa shape index (κ3) is 3.05. The molecule has 128 valence electrons. The number of hydrogen-bond acceptors (Lipinski definition) is 4. The average molecular weight is 353 g/mol. The van der Waals surface area contributed by atoms with E-state index >= 15 is 0 Å². The van der Waals surface area contributed by atoms with E-state index in [9.17, 15) is 4.79 Å². The Morgan fingerprint density at radius 3 is 3.08 bits per heavy atom. The number of methoxy groups -OCH3 is 1. The van der Waals surface area contributed by atoms with E-state index in [0.29, 0.717) is 5.69 Å². The topological polar surface area (TPSA) is 58.2 Å². The van der Waals surface area contributed by atoms with Crippen molar-refractivity contribution in [2.45, 2.75) is 18.9 Å². The maximum Gasteiger partial charge on any atom is 0.272 e. The van der Waals surface area contributed by atoms with Gasteiger partial charge in [-0.05, 0) is 48.1 Å². The van der Waals surface area contributed by atoms with Crippen LogP contribution in [0, 0.1) is 0 Å². The summed E-state index contributed by atoms with van der Waals surface area (Å²) in [6.45, 7) is 0.757. The lowest BCUT2D eigenvalue weighted by atomic mass is 10.0. The Morgan fingerprint density at radius 1 is 1.36 bits per heavy atom. The van der Waals surface area contributed by atoms with Gasteiger partial charge in [-0.3, -0.25) is 9.89 Å². The fourth-order valence-corrected chi connectivity index (χ4v) is 4.00. The van der Waals surface area contributed by atoms with E-state index in [1.54, 1.807) is 18.4 Å². The van der Waals surface area contributed by atoms with Crippen molar-refractivity contribution in [3.05, 3.63) is 58.4 Å². The van der Waals surface area contributed by atoms with Gasteiger partial charge in [0, 0.05) is 17.5 Å². The minimum atomic E-state index is -0.000649. The number of nitrogens with one attached hydrogen (secondary N) is 1. The smallest absolute Gasteiger partial charge is 0.272 e. The second-order valence-electron chi connectivity index (χ2n) is 6.11. The zero-order valence-electron chi connectivity index (χ0n) is 13.9. The number of carbonyl (C=O) groups is 1. The van der Waals surface area contributed by atoms with Gasteiger partial charge in [0.15, 0.2) is 0 Å². The number of benzene rings is 1. The summed E-state index contributed by atoms with van der Waals surface area (Å²) in [6.07, 6.45) is 1.96. The molecule has 3 heterocycles. The molecule has 0 bridgehead atoms. The van der Waals surface area contributed by atoms with E-state index in [-0.39, 0.29) is 11.9 Å². The molecule has 1 aromatic carbocycles. The zero-order chi connectivity index (χ0) is 17.2. The Balaban J connectivity index is 1.58. The molecule has 1 aliphatic rings. The van der Waals surface area contributed by atoms with Crippen molar-refractivity contribution in [3.8, 4) is 17.0 Å². The van der Waals surface area contributed by atoms with E-state index in [4.69, 9.17) is 4.74 Å². The number of thiophene rings is 1. The SMILES string of the molecule is COc1cccc([C@@H]2CCCN2C(=O)c2cc(-c3ccsc3)n[nH]2)c1. The molecule has 25 heavy (non-hydrogen) atoms. The van der Waals surface area contributed by atoms with Crippen molar-refractivity contribution in [2.75, 3.05) is 13.7 Å². The second-order valence-corrected chi connectivity index (χ2v) is 6.89. The summed E-state index contributed by atoms with van der Waals surface area (Å²) in [5.74, 6) is 0.817. The normalized spacial score (nSPS) is 17.0. The van der Waals surface area contributed by atoms with Crippen LogP contribution in [0.2, 0.25) is 0 Å². The number of aromatic amines is 1. The summed E-state index contributed by atoms with van der Waals surface area (Å²) < 4.78 is 5.32. The molecule has 4 rings (SSSR count). The molecule has 1 fully saturated rings. The first kappa shape index (κ1) is 15.9. The first-order valence-electron chi connectivity index (χ1n) is 8.29. The molecule has 1 atom stereocenters. The fourth-order valence-electron chi connectivity index (χ4n) is 3.35. The average Bonchev–Trinajstić information content (AvgIpc) is 3.41. The number of hydrogen-bond donors (Lipinski definition) is 1. The van der Waals surface area contributed by atoms with E-state index in [2.05, 4.69) is 16.3 Å². The van der Waals surface area contributed by atoms with Crippen LogP contribution in [0.3, 0.4) is 0 Å². The van der Waals surface area contributed by atoms with Crippen LogP contribution in [0.25, 0.3) is 11.3 Å². The first-order chi connectivity index (χ1) is 12.3. The molecule has 6 heteroatoms. The molecule has 0 spiro atoms. The largest absolute Gasteiger partial charge is 0.497 e. The van der Waals surface area contributed by atoms with Crippen molar-refractivity contribution in [2.24, 2.45) is 0 Å². The second kappa shape index (κ2) is 6.72. The van der Waals surface area contributed by atoms with Crippen LogP contribution in [0.15, 0.2) is 47.2 Å². The molecule has 1 amide bonds. The van der Waals surface area contributed by atoms with Crippen LogP contribution in [0.4, 0.5) is 0 Å². The van der Waals surface area contributed by atoms with Gasteiger partial charge in [0.1, 0.15) is 11.4 Å². The van der Waals surface area contributed by atoms with Crippen LogP contribution < -0.4 is 4.74 Å². The molecule has 1 saturated heterocycles. The van der Waals surface area contributed by atoms with Crippen molar-refractivity contribution < 1.29 is 9.53 Å². The van der Waals surface area contributed by atoms with Gasteiger partial charge in [0.2, 0.25) is 0 Å². The van der Waals surface area contributed by atoms with Gasteiger partial charge in [-0.2, -0.15) is 16.4 Å². The third-order valence-electron chi connectivity index (χ3n) is 4.62. The number of likely N-dealkylation sites (tertiary alicyclic amines) is 1. The van der Waals surface area contributed by atoms with Gasteiger partial charge in [0.25, 0.3) is 5.91 Å². The quantitative estimate of drug-likeness (QED) is 0.767. The lowest BCUT2D eigenvalue weighted by molar-refractivity contribution is 0.0729. The predicted molar refractivity (Wildman–Crippen MR) is 97.9 cm³/mol. The fraction of sp³-hybridized carbons (Fsp3) is 0.263. The number of H-pyrrole nitrogens is 1. The highest BCUT2D eigenvalue weighted by molar-refractivity contribution is 7.08. The number of amides is 1. The maximum absolute atomic E-state index is 13.0. The minimum absolute atomic E-state index is 0.000649. The van der Waals surface area contributed by atoms with Crippen LogP contribution in [0.5, 0.6) is 5.75 Å². The standard InChI is InChI=1S/C19H19N3O2S/c1-24-15-5-2-4-13(10-15)18-6-3-8-22(18)19(23)17-11-16(20-21-17)14-7-9-25-12-14/h2,4-5,7,9-12,18H,3,6,8H2,1H3,(H,20,21)/t18-/m0/s1. The molecule has 2 aromatic heterocycles. The van der Waals surface area contributed by atoms with Gasteiger partial charge in [-0.25, -0.2) is 0 Å². The summed E-state index contributed by atoms with van der Waals surface area (Å²) in [4.78, 5) is 14.9. The van der Waals surface area contributed by atoms with Gasteiger partial charge in [-0.1, -0.05) is 12.1 Å². The zero-order valence-corrected chi connectivity index (χ0v) is 14.8. The number of aromatic nitrogens is 2. The van der Waals surface area contributed by atoms with Gasteiger partial charge in [0.05, 0.1) is 18.8 Å². The summed E-state index contributed by atoms with van der Waals surface area (Å²) >= 11 is 1.62. The van der Waals surface area contributed by atoms with Gasteiger partial charge >= 0.3 is 0 Å². The maximum atomic E-state index is 13.0. The lowest BCUT2D eigenvalue weighted by Crippen LogP contribution is -2.30. The summed E-state index contributed by atoms with van der Waals surface area (Å²) in [5.41, 5.74) is 3.49. The summed E-state index contributed by atoms with van der Waals surface area (Å²) in [5, 5.41) is 11.2. The number of nitrogens with zero attached hydrogens (tertiary/aromatic N) is 2. The number of rotatable bonds is 4. The molecule has 0 aliphatic carbocycles. The van der Waals surface area contributed by atoms with Crippen molar-refractivity contribution in [1.29, 1.82) is 0 Å². The molecular formula is C19H19N3O2S. The lowest BCUT2D eigenvalue weighted by Gasteiger charge is -2.24. The Labute approximate surface area is 150 Å². The van der Waals surface area contributed by atoms with E-state index in [1.165, 1.54) is 0 Å². The highest BCUT2D eigenvalue weighted by Crippen LogP contribution is 2.34. The van der Waals surface area contributed by atoms with Crippen LogP contribution >= 0.6 is 11.3 Å². The third-order valence-corrected chi connectivity index (χ3v) is 5.30. The van der Waals surface area contributed by atoms with E-state index < -0.39 is 0 Å². The van der Waals surface area contributed by atoms with E-state index in [0.717, 1.165) is 42.0 Å². The highest BCUT2D eigenvalue weighted by Gasteiger charge is 2.31. The Bertz CT molecular complexity index is 872. The summed E-state index contributed by atoms with van der Waals surface area (Å²) in [6, 6.07) is 11.9.